The summed E-state index contributed by atoms with van der Waals surface area (Å²) < 4.78 is 5.17. The molecule has 0 aromatic rings. The second-order valence-corrected chi connectivity index (χ2v) is 4.16. The van der Waals surface area contributed by atoms with Crippen molar-refractivity contribution in [3.8, 4) is 0 Å². The van der Waals surface area contributed by atoms with Gasteiger partial charge in [0.25, 0.3) is 0 Å². The number of nitrogens with zero attached hydrogens (tertiary/aromatic N) is 1. The molecule has 2 unspecified atom stereocenters. The smallest absolute Gasteiger partial charge is 0.237 e. The minimum atomic E-state index is 0.0973. The van der Waals surface area contributed by atoms with Crippen LogP contribution >= 0.6 is 0 Å². The van der Waals surface area contributed by atoms with Crippen LogP contribution in [0.1, 0.15) is 20.8 Å². The molecule has 0 radical (unpaired) electrons. The van der Waals surface area contributed by atoms with Gasteiger partial charge in [0.05, 0.1) is 18.8 Å². The first-order valence-electron chi connectivity index (χ1n) is 5.12. The molecule has 0 aliphatic carbocycles. The molecule has 0 aromatic carbocycles. The van der Waals surface area contributed by atoms with Gasteiger partial charge in [0.1, 0.15) is 0 Å². The average molecular weight is 200 g/mol. The van der Waals surface area contributed by atoms with Crippen molar-refractivity contribution in [2.75, 3.05) is 20.2 Å². The van der Waals surface area contributed by atoms with E-state index < -0.39 is 0 Å². The number of ether oxygens (including phenoxy) is 1. The Labute approximate surface area is 85.6 Å². The van der Waals surface area contributed by atoms with E-state index in [2.05, 4.69) is 19.2 Å². The van der Waals surface area contributed by atoms with Crippen LogP contribution in [0.3, 0.4) is 0 Å². The number of carbonyl (C=O) groups excluding carboxylic acids is 1. The highest BCUT2D eigenvalue weighted by atomic mass is 16.5. The van der Waals surface area contributed by atoms with E-state index in [1.807, 2.05) is 11.8 Å². The maximum Gasteiger partial charge on any atom is 0.237 e. The van der Waals surface area contributed by atoms with Crippen LogP contribution in [0.4, 0.5) is 0 Å². The van der Waals surface area contributed by atoms with Gasteiger partial charge >= 0.3 is 0 Å². The first kappa shape index (κ1) is 11.5. The zero-order valence-electron chi connectivity index (χ0n) is 9.41. The fraction of sp³-hybridized carbons (Fsp3) is 0.900. The lowest BCUT2D eigenvalue weighted by atomic mass is 10.1. The molecule has 1 rings (SSSR count). The Morgan fingerprint density at radius 1 is 1.57 bits per heavy atom. The first-order chi connectivity index (χ1) is 6.56. The summed E-state index contributed by atoms with van der Waals surface area (Å²) in [6.07, 6.45) is 0.264. The first-order valence-corrected chi connectivity index (χ1v) is 5.12. The Kier molecular flexibility index (Phi) is 3.89. The number of methoxy groups -OCH3 is 1. The summed E-state index contributed by atoms with van der Waals surface area (Å²) >= 11 is 0. The van der Waals surface area contributed by atoms with Crippen LogP contribution in [0, 0.1) is 5.92 Å². The lowest BCUT2D eigenvalue weighted by Gasteiger charge is -2.29. The second-order valence-electron chi connectivity index (χ2n) is 4.16. The van der Waals surface area contributed by atoms with E-state index in [1.54, 1.807) is 7.11 Å². The highest BCUT2D eigenvalue weighted by Crippen LogP contribution is 2.14. The summed E-state index contributed by atoms with van der Waals surface area (Å²) in [6, 6.07) is 0. The number of rotatable bonds is 4. The second kappa shape index (κ2) is 4.75. The highest BCUT2D eigenvalue weighted by Gasteiger charge is 2.32. The Bertz CT molecular complexity index is 206. The SMILES string of the molecule is COC(C)CN1C(=O)CNC1C(C)C. The molecule has 82 valence electrons. The standard InChI is InChI=1S/C10H20N2O2/c1-7(2)10-11-5-9(13)12(10)6-8(3)14-4/h7-8,10-11H,5-6H2,1-4H3. The molecule has 0 aromatic heterocycles. The fourth-order valence-electron chi connectivity index (χ4n) is 1.72. The van der Waals surface area contributed by atoms with Crippen molar-refractivity contribution >= 4 is 5.91 Å². The average Bonchev–Trinajstić information content (AvgIpc) is 2.48. The van der Waals surface area contributed by atoms with E-state index >= 15 is 0 Å². The van der Waals surface area contributed by atoms with E-state index in [4.69, 9.17) is 4.74 Å². The molecule has 4 heteroatoms. The monoisotopic (exact) mass is 200 g/mol. The molecular weight excluding hydrogens is 180 g/mol. The molecule has 1 fully saturated rings. The summed E-state index contributed by atoms with van der Waals surface area (Å²) in [6.45, 7) is 7.33. The van der Waals surface area contributed by atoms with Crippen LogP contribution in [0.5, 0.6) is 0 Å². The summed E-state index contributed by atoms with van der Waals surface area (Å²) in [5.74, 6) is 0.609. The predicted octanol–water partition coefficient (Wildman–Crippen LogP) is 0.435. The fourth-order valence-corrected chi connectivity index (χ4v) is 1.72. The van der Waals surface area contributed by atoms with Gasteiger partial charge in [-0.1, -0.05) is 13.8 Å². The Hall–Kier alpha value is -0.610. The summed E-state index contributed by atoms with van der Waals surface area (Å²) in [4.78, 5) is 13.4. The zero-order chi connectivity index (χ0) is 10.7. The molecule has 0 bridgehead atoms. The van der Waals surface area contributed by atoms with E-state index in [9.17, 15) is 4.79 Å². The molecule has 1 amide bonds. The van der Waals surface area contributed by atoms with Crippen LogP contribution < -0.4 is 5.32 Å². The van der Waals surface area contributed by atoms with Gasteiger partial charge in [0.2, 0.25) is 5.91 Å². The van der Waals surface area contributed by atoms with Crippen molar-refractivity contribution in [1.29, 1.82) is 0 Å². The Morgan fingerprint density at radius 3 is 2.71 bits per heavy atom. The highest BCUT2D eigenvalue weighted by molar-refractivity contribution is 5.80. The summed E-state index contributed by atoms with van der Waals surface area (Å²) in [7, 11) is 1.67. The van der Waals surface area contributed by atoms with E-state index in [-0.39, 0.29) is 18.2 Å². The predicted molar refractivity (Wildman–Crippen MR) is 54.8 cm³/mol. The molecule has 0 saturated carbocycles. The molecule has 0 spiro atoms. The number of amides is 1. The summed E-state index contributed by atoms with van der Waals surface area (Å²) in [5.41, 5.74) is 0. The van der Waals surface area contributed by atoms with E-state index in [0.29, 0.717) is 19.0 Å². The Balaban J connectivity index is 2.58. The third kappa shape index (κ3) is 2.45. The van der Waals surface area contributed by atoms with Crippen molar-refractivity contribution in [2.45, 2.75) is 33.0 Å². The molecule has 14 heavy (non-hydrogen) atoms. The lowest BCUT2D eigenvalue weighted by Crippen LogP contribution is -2.44. The molecule has 1 saturated heterocycles. The van der Waals surface area contributed by atoms with Crippen molar-refractivity contribution < 1.29 is 9.53 Å². The molecule has 1 aliphatic heterocycles. The van der Waals surface area contributed by atoms with Gasteiger partial charge in [-0.3, -0.25) is 10.1 Å². The van der Waals surface area contributed by atoms with Crippen molar-refractivity contribution in [1.82, 2.24) is 10.2 Å². The van der Waals surface area contributed by atoms with E-state index in [0.717, 1.165) is 0 Å². The quantitative estimate of drug-likeness (QED) is 0.716. The van der Waals surface area contributed by atoms with Gasteiger partial charge in [-0.2, -0.15) is 0 Å². The van der Waals surface area contributed by atoms with Gasteiger partial charge in [-0.05, 0) is 12.8 Å². The normalized spacial score (nSPS) is 24.8. The summed E-state index contributed by atoms with van der Waals surface area (Å²) in [5, 5.41) is 3.21. The van der Waals surface area contributed by atoms with Gasteiger partial charge in [-0.15, -0.1) is 0 Å². The molecule has 1 aliphatic rings. The van der Waals surface area contributed by atoms with Crippen molar-refractivity contribution in [3.63, 3.8) is 0 Å². The number of carbonyl (C=O) groups is 1. The van der Waals surface area contributed by atoms with Crippen molar-refractivity contribution in [3.05, 3.63) is 0 Å². The van der Waals surface area contributed by atoms with Crippen LogP contribution in [0.25, 0.3) is 0 Å². The van der Waals surface area contributed by atoms with Crippen LogP contribution in [-0.4, -0.2) is 43.3 Å². The van der Waals surface area contributed by atoms with Gasteiger partial charge in [-0.25, -0.2) is 0 Å². The van der Waals surface area contributed by atoms with Crippen LogP contribution in [-0.2, 0) is 9.53 Å². The third-order valence-corrected chi connectivity index (χ3v) is 2.61. The molecular formula is C10H20N2O2. The Morgan fingerprint density at radius 2 is 2.21 bits per heavy atom. The minimum absolute atomic E-state index is 0.0973. The van der Waals surface area contributed by atoms with Gasteiger partial charge < -0.3 is 9.64 Å². The maximum absolute atomic E-state index is 11.5. The number of hydrogen-bond donors (Lipinski definition) is 1. The molecule has 1 heterocycles. The molecule has 4 nitrogen and oxygen atoms in total. The maximum atomic E-state index is 11.5. The zero-order valence-corrected chi connectivity index (χ0v) is 9.41. The molecule has 1 N–H and O–H groups in total. The lowest BCUT2D eigenvalue weighted by molar-refractivity contribution is -0.130. The van der Waals surface area contributed by atoms with Gasteiger partial charge in [0, 0.05) is 13.7 Å². The van der Waals surface area contributed by atoms with Crippen LogP contribution in [0.15, 0.2) is 0 Å². The van der Waals surface area contributed by atoms with Crippen molar-refractivity contribution in [2.24, 2.45) is 5.92 Å². The number of nitrogens with one attached hydrogen (secondary N) is 1. The van der Waals surface area contributed by atoms with Crippen LogP contribution in [0.2, 0.25) is 0 Å². The minimum Gasteiger partial charge on any atom is -0.380 e. The third-order valence-electron chi connectivity index (χ3n) is 2.61. The molecule has 2 atom stereocenters. The number of hydrogen-bond acceptors (Lipinski definition) is 3. The van der Waals surface area contributed by atoms with E-state index in [1.165, 1.54) is 0 Å². The largest absolute Gasteiger partial charge is 0.380 e. The topological polar surface area (TPSA) is 41.6 Å². The van der Waals surface area contributed by atoms with Gasteiger partial charge in [0.15, 0.2) is 0 Å².